The number of carbonyl (C=O) groups is 4. The number of para-hydroxylation sites is 2. The van der Waals surface area contributed by atoms with Crippen molar-refractivity contribution in [2.45, 2.75) is 148 Å². The number of nitrogen functional groups attached to an aromatic ring is 3. The number of pyridine rings is 4. The van der Waals surface area contributed by atoms with Gasteiger partial charge < -0.3 is 42.3 Å². The Morgan fingerprint density at radius 1 is 0.481 bits per heavy atom. The molecule has 0 saturated carbocycles. The van der Waals surface area contributed by atoms with Crippen LogP contribution in [0.1, 0.15) is 84.0 Å². The first-order chi connectivity index (χ1) is 50.2. The van der Waals surface area contributed by atoms with Crippen molar-refractivity contribution in [1.82, 2.24) is 75.2 Å². The van der Waals surface area contributed by atoms with Gasteiger partial charge in [0, 0.05) is 113 Å². The van der Waals surface area contributed by atoms with Crippen LogP contribution in [0.4, 0.5) is 61.6 Å². The number of ether oxygens (including phenoxy) is 4. The van der Waals surface area contributed by atoms with E-state index in [0.717, 1.165) is 57.5 Å². The van der Waals surface area contributed by atoms with Crippen LogP contribution in [0.3, 0.4) is 0 Å². The predicted molar refractivity (Wildman–Crippen MR) is 370 cm³/mol. The lowest BCUT2D eigenvalue weighted by Gasteiger charge is -2.25. The van der Waals surface area contributed by atoms with Crippen molar-refractivity contribution in [1.29, 1.82) is 0 Å². The van der Waals surface area contributed by atoms with Crippen LogP contribution in [0.2, 0.25) is 0 Å². The zero-order valence-electron chi connectivity index (χ0n) is 58.5. The minimum atomic E-state index is -2.59. The van der Waals surface area contributed by atoms with E-state index in [1.807, 2.05) is 54.6 Å². The number of benzene rings is 2. The molecule has 568 valence electrons. The number of esters is 2. The minimum absolute atomic E-state index is 0. The van der Waals surface area contributed by atoms with Crippen molar-refractivity contribution in [3.05, 3.63) is 173 Å². The second-order valence-electron chi connectivity index (χ2n) is 24.1. The SMILES string of the molecule is CC(=O)CC(C(F)F)N1Cc2cccnc2C1.CC(=O)CC(C(F)F)N1Cc2cccnc2C1.COC(=O)/C=C/C(F)F.COC(=O)CC(C(F)F)N1Cc2cccnc2C1.COc1cccc2c(N)nc(N)nc12.COc1cccc2c1nc(N)n1nc(CC(C(F)F)N3Cc4cccnc4C3)nc21.N. The van der Waals surface area contributed by atoms with E-state index in [-0.39, 0.29) is 61.1 Å². The molecule has 4 atom stereocenters. The van der Waals surface area contributed by atoms with Crippen LogP contribution in [-0.4, -0.2) is 177 Å². The molecule has 7 aromatic heterocycles. The second-order valence-corrected chi connectivity index (χ2v) is 24.1. The largest absolute Gasteiger partial charge is 0.494 e. The lowest BCUT2D eigenvalue weighted by atomic mass is 10.1. The molecule has 4 aliphatic heterocycles. The minimum Gasteiger partial charge on any atom is -0.494 e. The zero-order chi connectivity index (χ0) is 76.2. The number of hydrogen-bond acceptors (Lipinski definition) is 25. The van der Waals surface area contributed by atoms with E-state index in [4.69, 9.17) is 26.7 Å². The van der Waals surface area contributed by atoms with Crippen molar-refractivity contribution < 1.29 is 82.0 Å². The summed E-state index contributed by atoms with van der Waals surface area (Å²) in [5.74, 6) is 0.311. The molecule has 0 bridgehead atoms. The number of halogens is 10. The summed E-state index contributed by atoms with van der Waals surface area (Å²) in [4.78, 5) is 83.4. The number of aromatic nitrogens is 10. The lowest BCUT2D eigenvalue weighted by molar-refractivity contribution is -0.144. The lowest BCUT2D eigenvalue weighted by Crippen LogP contribution is -2.38. The molecule has 0 amide bonds. The van der Waals surface area contributed by atoms with E-state index in [9.17, 15) is 63.1 Å². The molecule has 0 spiro atoms. The summed E-state index contributed by atoms with van der Waals surface area (Å²) < 4.78 is 148. The van der Waals surface area contributed by atoms with Crippen LogP contribution in [0.25, 0.3) is 27.5 Å². The standard InChI is InChI=1S/C20H19F2N7O.C12H14F2N2O2.2C12H14F2N2O.C9H10N4O.C5H6F2O2.H3N/c1-30-15-6-2-5-12-17(15)26-20(23)29-19(12)25-16(27-29)8-14(18(21)22)28-9-11-4-3-7-24-13(11)10-28;1-18-11(17)5-10(12(13)14)16-6-8-3-2-4-15-9(8)7-16;2*1-8(17)5-11(12(13)14)16-6-9-3-2-4-15-10(9)7-16;1-14-6-4-2-3-5-7(6)12-9(11)13-8(5)10;1-9-5(8)3-2-4(6)7;/h2-7,14,18H,8-10H2,1H3,(H2,23,26);2-4,10,12H,5-7H2,1H3;2*2-4,11-12H,5-7H2,1H3;2-4H,1H3,(H4,10,11,12,13);2-4H,1H3;1H3/b;;;;;3-2+;. The molecule has 0 saturated heterocycles. The maximum absolute atomic E-state index is 14.0. The fourth-order valence-electron chi connectivity index (χ4n) is 11.8. The van der Waals surface area contributed by atoms with E-state index in [1.54, 1.807) is 88.9 Å². The van der Waals surface area contributed by atoms with Crippen molar-refractivity contribution >= 4 is 68.7 Å². The van der Waals surface area contributed by atoms with Gasteiger partial charge in [-0.2, -0.15) is 9.50 Å². The highest BCUT2D eigenvalue weighted by molar-refractivity contribution is 5.96. The van der Waals surface area contributed by atoms with Crippen LogP contribution >= 0.6 is 0 Å². The number of nitrogens with two attached hydrogens (primary N) is 3. The normalized spacial score (nSPS) is 14.9. The Labute approximate surface area is 601 Å². The molecule has 26 nitrogen and oxygen atoms in total. The van der Waals surface area contributed by atoms with Gasteiger partial charge in [-0.25, -0.2) is 63.7 Å². The summed E-state index contributed by atoms with van der Waals surface area (Å²) in [5.41, 5.74) is 26.1. The first kappa shape index (κ1) is 82.6. The van der Waals surface area contributed by atoms with Gasteiger partial charge in [0.1, 0.15) is 39.9 Å². The average Bonchev–Trinajstić information content (AvgIpc) is 1.55. The quantitative estimate of drug-likeness (QED) is 0.0313. The molecule has 11 heterocycles. The number of ketones is 2. The molecule has 4 unspecified atom stereocenters. The van der Waals surface area contributed by atoms with Gasteiger partial charge >= 0.3 is 11.9 Å². The van der Waals surface area contributed by atoms with Crippen LogP contribution in [0.15, 0.2) is 122 Å². The van der Waals surface area contributed by atoms with Crippen LogP contribution in [-0.2, 0) is 87.4 Å². The van der Waals surface area contributed by atoms with E-state index in [0.29, 0.717) is 104 Å². The van der Waals surface area contributed by atoms with Crippen LogP contribution in [0.5, 0.6) is 11.5 Å². The Balaban J connectivity index is 0.000000184. The van der Waals surface area contributed by atoms with Gasteiger partial charge in [-0.05, 0) is 90.7 Å². The second kappa shape index (κ2) is 38.9. The van der Waals surface area contributed by atoms with Crippen molar-refractivity contribution in [3.63, 3.8) is 0 Å². The third kappa shape index (κ3) is 22.0. The number of rotatable bonds is 20. The molecule has 9 N–H and O–H groups in total. The zero-order valence-corrected chi connectivity index (χ0v) is 58.5. The predicted octanol–water partition coefficient (Wildman–Crippen LogP) is 10.0. The first-order valence-electron chi connectivity index (χ1n) is 32.4. The summed E-state index contributed by atoms with van der Waals surface area (Å²) >= 11 is 0. The third-order valence-electron chi connectivity index (χ3n) is 17.0. The number of anilines is 3. The van der Waals surface area contributed by atoms with Crippen molar-refractivity contribution in [3.8, 4) is 11.5 Å². The Kier molecular flexibility index (Phi) is 30.3. The molecule has 0 fully saturated rings. The molecular weight excluding hydrogens is 1410 g/mol. The van der Waals surface area contributed by atoms with Gasteiger partial charge in [0.15, 0.2) is 11.5 Å². The maximum Gasteiger partial charge on any atom is 0.330 e. The number of nitrogens with zero attached hydrogens (tertiary/aromatic N) is 14. The number of carbonyl (C=O) groups excluding carboxylic acids is 4. The number of alkyl halides is 10. The fraction of sp³-hybridized carbons (Fsp3) is 0.386. The third-order valence-corrected chi connectivity index (χ3v) is 17.0. The number of hydrogen-bond donors (Lipinski definition) is 4. The number of methoxy groups -OCH3 is 4. The van der Waals surface area contributed by atoms with Crippen LogP contribution < -0.4 is 32.8 Å². The fourth-order valence-corrected chi connectivity index (χ4v) is 11.8. The Morgan fingerprint density at radius 3 is 1.25 bits per heavy atom. The van der Waals surface area contributed by atoms with Gasteiger partial charge in [0.05, 0.1) is 81.8 Å². The molecule has 0 aliphatic carbocycles. The summed E-state index contributed by atoms with van der Waals surface area (Å²) in [6.07, 6.45) is -5.50. The molecular formula is C70H80F10N18O8. The Bertz CT molecular complexity index is 4290. The average molecular weight is 1490 g/mol. The number of fused-ring (bicyclic) bond motifs is 8. The topological polar surface area (TPSA) is 352 Å². The molecule has 0 radical (unpaired) electrons. The van der Waals surface area contributed by atoms with E-state index in [2.05, 4.69) is 54.4 Å². The van der Waals surface area contributed by atoms with Crippen molar-refractivity contribution in [2.75, 3.05) is 45.6 Å². The van der Waals surface area contributed by atoms with Gasteiger partial charge in [-0.1, -0.05) is 36.4 Å². The summed E-state index contributed by atoms with van der Waals surface area (Å²) in [7, 11) is 5.44. The highest BCUT2D eigenvalue weighted by Crippen LogP contribution is 2.33. The summed E-state index contributed by atoms with van der Waals surface area (Å²) in [5, 5.41) is 5.80. The smallest absolute Gasteiger partial charge is 0.330 e. The van der Waals surface area contributed by atoms with Crippen LogP contribution in [0, 0.1) is 0 Å². The summed E-state index contributed by atoms with van der Waals surface area (Å²) in [6, 6.07) is 21.5. The number of Topliss-reactive ketones (excluding diaryl/α,β-unsaturated/α-hetero) is 2. The van der Waals surface area contributed by atoms with E-state index < -0.39 is 68.2 Å². The maximum atomic E-state index is 14.0. The van der Waals surface area contributed by atoms with Crippen molar-refractivity contribution in [2.24, 2.45) is 0 Å². The molecule has 106 heavy (non-hydrogen) atoms. The Hall–Kier alpha value is -10.7. The molecule has 13 rings (SSSR count). The van der Waals surface area contributed by atoms with Gasteiger partial charge in [-0.3, -0.25) is 53.9 Å². The van der Waals surface area contributed by atoms with Gasteiger partial charge in [0.25, 0.3) is 32.1 Å². The Morgan fingerprint density at radius 2 is 0.877 bits per heavy atom. The molecule has 36 heteroatoms. The summed E-state index contributed by atoms with van der Waals surface area (Å²) in [6.45, 7) is 5.94. The molecule has 9 aromatic rings. The number of allylic oxidation sites excluding steroid dienone is 1. The van der Waals surface area contributed by atoms with E-state index in [1.165, 1.54) is 25.5 Å². The van der Waals surface area contributed by atoms with Gasteiger partial charge in [-0.15, -0.1) is 5.10 Å². The highest BCUT2D eigenvalue weighted by atomic mass is 19.3. The molecule has 2 aromatic carbocycles. The molecule has 4 aliphatic rings. The van der Waals surface area contributed by atoms with Gasteiger partial charge in [0.2, 0.25) is 11.9 Å². The highest BCUT2D eigenvalue weighted by Gasteiger charge is 2.38. The monoisotopic (exact) mass is 1490 g/mol. The first-order valence-corrected chi connectivity index (χ1v) is 32.4. The van der Waals surface area contributed by atoms with E-state index >= 15 is 0 Å².